The van der Waals surface area contributed by atoms with Gasteiger partial charge in [0.05, 0.1) is 15.7 Å². The van der Waals surface area contributed by atoms with Crippen LogP contribution in [0.3, 0.4) is 0 Å². The Balaban J connectivity index is 1.99. The SMILES string of the molecule is CC(C)(C)NC(=O)N1CCN(c2c(Cl)cncc2Cl)CC1. The molecule has 1 aliphatic heterocycles. The molecule has 1 aromatic rings. The van der Waals surface area contributed by atoms with Crippen LogP contribution in [0.1, 0.15) is 20.8 Å². The quantitative estimate of drug-likeness (QED) is 0.861. The number of anilines is 1. The lowest BCUT2D eigenvalue weighted by Crippen LogP contribution is -2.55. The topological polar surface area (TPSA) is 48.5 Å². The molecular formula is C14H20Cl2N4O. The Hall–Kier alpha value is -1.20. The Kier molecular flexibility index (Phi) is 4.84. The molecule has 1 N–H and O–H groups in total. The maximum Gasteiger partial charge on any atom is 0.317 e. The summed E-state index contributed by atoms with van der Waals surface area (Å²) in [5.41, 5.74) is 0.565. The summed E-state index contributed by atoms with van der Waals surface area (Å²) < 4.78 is 0. The lowest BCUT2D eigenvalue weighted by molar-refractivity contribution is 0.185. The molecule has 0 spiro atoms. The Bertz CT molecular complexity index is 502. The molecule has 21 heavy (non-hydrogen) atoms. The van der Waals surface area contributed by atoms with Crippen LogP contribution >= 0.6 is 23.2 Å². The first-order valence-electron chi connectivity index (χ1n) is 6.89. The molecule has 5 nitrogen and oxygen atoms in total. The second-order valence-corrected chi connectivity index (χ2v) is 6.92. The molecule has 1 fully saturated rings. The minimum Gasteiger partial charge on any atom is -0.365 e. The van der Waals surface area contributed by atoms with E-state index in [1.165, 1.54) is 0 Å². The Morgan fingerprint density at radius 1 is 1.14 bits per heavy atom. The van der Waals surface area contributed by atoms with Crippen LogP contribution in [0.4, 0.5) is 10.5 Å². The maximum atomic E-state index is 12.1. The van der Waals surface area contributed by atoms with Gasteiger partial charge >= 0.3 is 6.03 Å². The number of rotatable bonds is 1. The number of piperazine rings is 1. The molecule has 1 saturated heterocycles. The highest BCUT2D eigenvalue weighted by molar-refractivity contribution is 6.38. The zero-order valence-corrected chi connectivity index (χ0v) is 14.0. The minimum absolute atomic E-state index is 0.0333. The van der Waals surface area contributed by atoms with E-state index < -0.39 is 0 Å². The molecule has 116 valence electrons. The highest BCUT2D eigenvalue weighted by Crippen LogP contribution is 2.33. The fourth-order valence-electron chi connectivity index (χ4n) is 2.24. The van der Waals surface area contributed by atoms with Gasteiger partial charge in [0.25, 0.3) is 0 Å². The summed E-state index contributed by atoms with van der Waals surface area (Å²) in [5.74, 6) is 0. The van der Waals surface area contributed by atoms with Gasteiger partial charge in [0, 0.05) is 44.1 Å². The molecule has 0 aliphatic carbocycles. The first kappa shape index (κ1) is 16.2. The second kappa shape index (κ2) is 6.28. The number of carbonyl (C=O) groups is 1. The third kappa shape index (κ3) is 4.14. The zero-order valence-electron chi connectivity index (χ0n) is 12.5. The second-order valence-electron chi connectivity index (χ2n) is 6.11. The molecule has 0 bridgehead atoms. The zero-order chi connectivity index (χ0) is 15.6. The van der Waals surface area contributed by atoms with Crippen molar-refractivity contribution < 1.29 is 4.79 Å². The van der Waals surface area contributed by atoms with Crippen molar-refractivity contribution in [2.75, 3.05) is 31.1 Å². The predicted octanol–water partition coefficient (Wildman–Crippen LogP) is 3.02. The summed E-state index contributed by atoms with van der Waals surface area (Å²) in [5, 5.41) is 4.05. The fourth-order valence-corrected chi connectivity index (χ4v) is 2.84. The standard InChI is InChI=1S/C14H20Cl2N4O/c1-14(2,3)18-13(21)20-6-4-19(5-7-20)12-10(15)8-17-9-11(12)16/h8-9H,4-7H2,1-3H3,(H,18,21). The summed E-state index contributed by atoms with van der Waals surface area (Å²) in [6.45, 7) is 8.57. The van der Waals surface area contributed by atoms with Crippen molar-refractivity contribution in [3.8, 4) is 0 Å². The molecule has 1 aromatic heterocycles. The van der Waals surface area contributed by atoms with E-state index >= 15 is 0 Å². The molecule has 0 unspecified atom stereocenters. The van der Waals surface area contributed by atoms with E-state index in [2.05, 4.69) is 15.2 Å². The first-order valence-corrected chi connectivity index (χ1v) is 7.64. The number of amides is 2. The van der Waals surface area contributed by atoms with Crippen molar-refractivity contribution >= 4 is 34.9 Å². The van der Waals surface area contributed by atoms with E-state index in [9.17, 15) is 4.79 Å². The molecular weight excluding hydrogens is 311 g/mol. The van der Waals surface area contributed by atoms with Gasteiger partial charge in [0.2, 0.25) is 0 Å². The molecule has 7 heteroatoms. The molecule has 0 aromatic carbocycles. The van der Waals surface area contributed by atoms with Crippen molar-refractivity contribution in [3.05, 3.63) is 22.4 Å². The van der Waals surface area contributed by atoms with Gasteiger partial charge in [-0.15, -0.1) is 0 Å². The number of carbonyl (C=O) groups excluding carboxylic acids is 1. The van der Waals surface area contributed by atoms with E-state index in [0.717, 1.165) is 5.69 Å². The summed E-state index contributed by atoms with van der Waals surface area (Å²) in [4.78, 5) is 20.0. The number of urea groups is 1. The summed E-state index contributed by atoms with van der Waals surface area (Å²) in [6.07, 6.45) is 3.17. The lowest BCUT2D eigenvalue weighted by atomic mass is 10.1. The van der Waals surface area contributed by atoms with E-state index in [0.29, 0.717) is 36.2 Å². The summed E-state index contributed by atoms with van der Waals surface area (Å²) >= 11 is 12.3. The van der Waals surface area contributed by atoms with Crippen LogP contribution in [0.25, 0.3) is 0 Å². The molecule has 1 aliphatic rings. The predicted molar refractivity (Wildman–Crippen MR) is 86.3 cm³/mol. The van der Waals surface area contributed by atoms with Crippen LogP contribution in [0.2, 0.25) is 10.0 Å². The maximum absolute atomic E-state index is 12.1. The smallest absolute Gasteiger partial charge is 0.317 e. The van der Waals surface area contributed by atoms with Gasteiger partial charge < -0.3 is 15.1 Å². The fraction of sp³-hybridized carbons (Fsp3) is 0.571. The van der Waals surface area contributed by atoms with Crippen LogP contribution in [-0.2, 0) is 0 Å². The highest BCUT2D eigenvalue weighted by Gasteiger charge is 2.25. The van der Waals surface area contributed by atoms with Crippen molar-refractivity contribution in [1.82, 2.24) is 15.2 Å². The van der Waals surface area contributed by atoms with Gasteiger partial charge in [-0.2, -0.15) is 0 Å². The van der Waals surface area contributed by atoms with Crippen LogP contribution < -0.4 is 10.2 Å². The molecule has 2 rings (SSSR count). The van der Waals surface area contributed by atoms with Crippen LogP contribution in [0, 0.1) is 0 Å². The van der Waals surface area contributed by atoms with Gasteiger partial charge in [0.15, 0.2) is 0 Å². The van der Waals surface area contributed by atoms with Crippen LogP contribution in [0.15, 0.2) is 12.4 Å². The van der Waals surface area contributed by atoms with Gasteiger partial charge in [0.1, 0.15) is 0 Å². The molecule has 2 heterocycles. The van der Waals surface area contributed by atoms with E-state index in [-0.39, 0.29) is 11.6 Å². The largest absolute Gasteiger partial charge is 0.365 e. The van der Waals surface area contributed by atoms with Gasteiger partial charge in [-0.1, -0.05) is 23.2 Å². The average molecular weight is 331 g/mol. The number of nitrogens with one attached hydrogen (secondary N) is 1. The summed E-state index contributed by atoms with van der Waals surface area (Å²) in [7, 11) is 0. The Morgan fingerprint density at radius 3 is 2.14 bits per heavy atom. The third-order valence-corrected chi connectivity index (χ3v) is 3.75. The van der Waals surface area contributed by atoms with E-state index in [1.54, 1.807) is 12.4 Å². The Labute approximate surface area is 135 Å². The lowest BCUT2D eigenvalue weighted by Gasteiger charge is -2.37. The van der Waals surface area contributed by atoms with Crippen molar-refractivity contribution in [2.45, 2.75) is 26.3 Å². The number of hydrogen-bond donors (Lipinski definition) is 1. The number of pyridine rings is 1. The van der Waals surface area contributed by atoms with Crippen LogP contribution in [0.5, 0.6) is 0 Å². The summed E-state index contributed by atoms with van der Waals surface area (Å²) in [6, 6.07) is -0.0333. The van der Waals surface area contributed by atoms with E-state index in [4.69, 9.17) is 23.2 Å². The van der Waals surface area contributed by atoms with Gasteiger partial charge in [-0.05, 0) is 20.8 Å². The molecule has 0 atom stereocenters. The average Bonchev–Trinajstić information content (AvgIpc) is 2.37. The van der Waals surface area contributed by atoms with Gasteiger partial charge in [-0.25, -0.2) is 4.79 Å². The molecule has 0 saturated carbocycles. The number of aromatic nitrogens is 1. The van der Waals surface area contributed by atoms with Crippen molar-refractivity contribution in [2.24, 2.45) is 0 Å². The van der Waals surface area contributed by atoms with E-state index in [1.807, 2.05) is 25.7 Å². The third-order valence-electron chi connectivity index (χ3n) is 3.19. The van der Waals surface area contributed by atoms with Gasteiger partial charge in [-0.3, -0.25) is 4.98 Å². The van der Waals surface area contributed by atoms with Crippen molar-refractivity contribution in [3.63, 3.8) is 0 Å². The minimum atomic E-state index is -0.230. The highest BCUT2D eigenvalue weighted by atomic mass is 35.5. The molecule has 0 radical (unpaired) electrons. The number of hydrogen-bond acceptors (Lipinski definition) is 3. The van der Waals surface area contributed by atoms with Crippen molar-refractivity contribution in [1.29, 1.82) is 0 Å². The number of halogens is 2. The monoisotopic (exact) mass is 330 g/mol. The Morgan fingerprint density at radius 2 is 1.67 bits per heavy atom. The molecule has 2 amide bonds. The number of nitrogens with zero attached hydrogens (tertiary/aromatic N) is 3. The normalized spacial score (nSPS) is 16.0. The van der Waals surface area contributed by atoms with Crippen LogP contribution in [-0.4, -0.2) is 47.6 Å². The first-order chi connectivity index (χ1) is 9.78.